The van der Waals surface area contributed by atoms with Gasteiger partial charge in [0.15, 0.2) is 0 Å². The van der Waals surface area contributed by atoms with Crippen LogP contribution in [0.15, 0.2) is 24.4 Å². The minimum absolute atomic E-state index is 0.563. The second kappa shape index (κ2) is 4.73. The van der Waals surface area contributed by atoms with Crippen molar-refractivity contribution in [3.8, 4) is 6.07 Å². The molecule has 0 saturated heterocycles. The van der Waals surface area contributed by atoms with Gasteiger partial charge in [0.05, 0.1) is 11.8 Å². The second-order valence-corrected chi connectivity index (χ2v) is 4.68. The Balaban J connectivity index is 1.94. The molecule has 0 aliphatic heterocycles. The molecule has 5 heteroatoms. The average molecular weight is 253 g/mol. The third kappa shape index (κ3) is 2.29. The number of pyridine rings is 1. The predicted octanol–water partition coefficient (Wildman–Crippen LogP) is 2.79. The molecule has 1 N–H and O–H groups in total. The van der Waals surface area contributed by atoms with E-state index in [1.54, 1.807) is 6.20 Å². The number of hydrogen-bond donors (Lipinski definition) is 1. The number of rotatable bonds is 4. The van der Waals surface area contributed by atoms with Crippen molar-refractivity contribution in [3.05, 3.63) is 35.7 Å². The fourth-order valence-corrected chi connectivity index (χ4v) is 2.08. The van der Waals surface area contributed by atoms with Gasteiger partial charge in [-0.1, -0.05) is 0 Å². The monoisotopic (exact) mass is 253 g/mol. The summed E-state index contributed by atoms with van der Waals surface area (Å²) in [6, 6.07) is 7.86. The normalized spacial score (nSPS) is 14.1. The van der Waals surface area contributed by atoms with Crippen LogP contribution in [-0.2, 0) is 6.54 Å². The van der Waals surface area contributed by atoms with Crippen molar-refractivity contribution in [2.45, 2.75) is 32.2 Å². The maximum atomic E-state index is 9.17. The molecule has 0 bridgehead atoms. The van der Waals surface area contributed by atoms with Gasteiger partial charge in [-0.3, -0.25) is 0 Å². The molecule has 19 heavy (non-hydrogen) atoms. The standard InChI is InChI=1S/C14H15N5/c1-2-19-13(7-8-16-19)18-14-11(9-15)5-6-12(17-14)10-3-4-10/h5-8,10H,2-4H2,1H3,(H,17,18). The Labute approximate surface area is 111 Å². The molecule has 2 aromatic rings. The van der Waals surface area contributed by atoms with E-state index in [0.29, 0.717) is 17.3 Å². The lowest BCUT2D eigenvalue weighted by atomic mass is 10.2. The third-order valence-corrected chi connectivity index (χ3v) is 3.30. The van der Waals surface area contributed by atoms with Crippen molar-refractivity contribution in [2.24, 2.45) is 0 Å². The molecular formula is C14H15N5. The number of aromatic nitrogens is 3. The Morgan fingerprint density at radius 1 is 1.42 bits per heavy atom. The molecule has 96 valence electrons. The van der Waals surface area contributed by atoms with Crippen LogP contribution in [0.5, 0.6) is 0 Å². The first-order valence-corrected chi connectivity index (χ1v) is 6.51. The van der Waals surface area contributed by atoms with E-state index in [-0.39, 0.29) is 0 Å². The van der Waals surface area contributed by atoms with Crippen LogP contribution in [0, 0.1) is 11.3 Å². The summed E-state index contributed by atoms with van der Waals surface area (Å²) in [5.74, 6) is 2.06. The van der Waals surface area contributed by atoms with E-state index in [4.69, 9.17) is 5.26 Å². The Hall–Kier alpha value is -2.35. The SMILES string of the molecule is CCn1nccc1Nc1nc(C2CC2)ccc1C#N. The average Bonchev–Trinajstić information content (AvgIpc) is 3.19. The van der Waals surface area contributed by atoms with E-state index in [2.05, 4.69) is 21.5 Å². The Morgan fingerprint density at radius 2 is 2.26 bits per heavy atom. The molecule has 0 radical (unpaired) electrons. The number of aryl methyl sites for hydroxylation is 1. The van der Waals surface area contributed by atoms with Gasteiger partial charge in [0.25, 0.3) is 0 Å². The first-order valence-electron chi connectivity index (χ1n) is 6.51. The highest BCUT2D eigenvalue weighted by molar-refractivity contribution is 5.60. The fourth-order valence-electron chi connectivity index (χ4n) is 2.08. The van der Waals surface area contributed by atoms with E-state index in [0.717, 1.165) is 18.1 Å². The third-order valence-electron chi connectivity index (χ3n) is 3.30. The molecule has 1 aliphatic rings. The number of hydrogen-bond acceptors (Lipinski definition) is 4. The minimum Gasteiger partial charge on any atom is -0.324 e. The van der Waals surface area contributed by atoms with Gasteiger partial charge in [0.2, 0.25) is 0 Å². The fraction of sp³-hybridized carbons (Fsp3) is 0.357. The summed E-state index contributed by atoms with van der Waals surface area (Å²) in [5, 5.41) is 16.6. The second-order valence-electron chi connectivity index (χ2n) is 4.68. The van der Waals surface area contributed by atoms with Gasteiger partial charge < -0.3 is 5.32 Å². The lowest BCUT2D eigenvalue weighted by Gasteiger charge is -2.10. The lowest BCUT2D eigenvalue weighted by molar-refractivity contribution is 0.668. The summed E-state index contributed by atoms with van der Waals surface area (Å²) in [7, 11) is 0. The van der Waals surface area contributed by atoms with Gasteiger partial charge >= 0.3 is 0 Å². The zero-order valence-corrected chi connectivity index (χ0v) is 10.8. The van der Waals surface area contributed by atoms with Crippen molar-refractivity contribution < 1.29 is 0 Å². The predicted molar refractivity (Wildman–Crippen MR) is 72.1 cm³/mol. The number of anilines is 2. The first kappa shape index (κ1) is 11.7. The molecule has 0 aromatic carbocycles. The Kier molecular flexibility index (Phi) is 2.92. The molecule has 3 rings (SSSR count). The lowest BCUT2D eigenvalue weighted by Crippen LogP contribution is -2.05. The molecule has 1 aliphatic carbocycles. The van der Waals surface area contributed by atoms with E-state index < -0.39 is 0 Å². The molecule has 2 aromatic heterocycles. The summed E-state index contributed by atoms with van der Waals surface area (Å²) in [5.41, 5.74) is 1.64. The van der Waals surface area contributed by atoms with Crippen LogP contribution in [-0.4, -0.2) is 14.8 Å². The summed E-state index contributed by atoms with van der Waals surface area (Å²) in [6.45, 7) is 2.80. The largest absolute Gasteiger partial charge is 0.324 e. The maximum absolute atomic E-state index is 9.17. The highest BCUT2D eigenvalue weighted by Gasteiger charge is 2.25. The zero-order valence-electron chi connectivity index (χ0n) is 10.8. The van der Waals surface area contributed by atoms with Crippen LogP contribution in [0.4, 0.5) is 11.6 Å². The van der Waals surface area contributed by atoms with Crippen LogP contribution < -0.4 is 5.32 Å². The smallest absolute Gasteiger partial charge is 0.149 e. The highest BCUT2D eigenvalue weighted by Crippen LogP contribution is 2.39. The van der Waals surface area contributed by atoms with Crippen LogP contribution in [0.2, 0.25) is 0 Å². The van der Waals surface area contributed by atoms with Gasteiger partial charge in [-0.05, 0) is 31.9 Å². The molecule has 1 fully saturated rings. The van der Waals surface area contributed by atoms with Gasteiger partial charge in [-0.15, -0.1) is 0 Å². The Morgan fingerprint density at radius 3 is 2.95 bits per heavy atom. The molecule has 1 saturated carbocycles. The minimum atomic E-state index is 0.563. The molecule has 2 heterocycles. The molecule has 0 spiro atoms. The van der Waals surface area contributed by atoms with E-state index in [1.807, 2.05) is 29.8 Å². The Bertz CT molecular complexity index is 634. The molecule has 0 unspecified atom stereocenters. The van der Waals surface area contributed by atoms with Crippen molar-refractivity contribution in [3.63, 3.8) is 0 Å². The number of nitrogens with zero attached hydrogens (tertiary/aromatic N) is 4. The van der Waals surface area contributed by atoms with Gasteiger partial charge in [0, 0.05) is 24.2 Å². The number of nitriles is 1. The summed E-state index contributed by atoms with van der Waals surface area (Å²) < 4.78 is 1.84. The van der Waals surface area contributed by atoms with Crippen LogP contribution in [0.1, 0.15) is 36.9 Å². The quantitative estimate of drug-likeness (QED) is 0.909. The molecule has 5 nitrogen and oxygen atoms in total. The van der Waals surface area contributed by atoms with Crippen LogP contribution >= 0.6 is 0 Å². The molecule has 0 amide bonds. The van der Waals surface area contributed by atoms with Crippen molar-refractivity contribution in [1.82, 2.24) is 14.8 Å². The van der Waals surface area contributed by atoms with Crippen molar-refractivity contribution in [2.75, 3.05) is 5.32 Å². The topological polar surface area (TPSA) is 66.5 Å². The van der Waals surface area contributed by atoms with E-state index in [1.165, 1.54) is 12.8 Å². The van der Waals surface area contributed by atoms with E-state index in [9.17, 15) is 0 Å². The van der Waals surface area contributed by atoms with Gasteiger partial charge in [0.1, 0.15) is 17.7 Å². The van der Waals surface area contributed by atoms with Crippen molar-refractivity contribution >= 4 is 11.6 Å². The van der Waals surface area contributed by atoms with Gasteiger partial charge in [-0.25, -0.2) is 9.67 Å². The molecule has 0 atom stereocenters. The summed E-state index contributed by atoms with van der Waals surface area (Å²) in [6.07, 6.45) is 4.14. The van der Waals surface area contributed by atoms with Crippen molar-refractivity contribution in [1.29, 1.82) is 5.26 Å². The molecular weight excluding hydrogens is 238 g/mol. The van der Waals surface area contributed by atoms with Crippen LogP contribution in [0.25, 0.3) is 0 Å². The van der Waals surface area contributed by atoms with Gasteiger partial charge in [-0.2, -0.15) is 10.4 Å². The summed E-state index contributed by atoms with van der Waals surface area (Å²) in [4.78, 5) is 4.58. The highest BCUT2D eigenvalue weighted by atomic mass is 15.3. The maximum Gasteiger partial charge on any atom is 0.149 e. The van der Waals surface area contributed by atoms with Crippen LogP contribution in [0.3, 0.4) is 0 Å². The number of nitrogens with one attached hydrogen (secondary N) is 1. The van der Waals surface area contributed by atoms with E-state index >= 15 is 0 Å². The summed E-state index contributed by atoms with van der Waals surface area (Å²) >= 11 is 0. The zero-order chi connectivity index (χ0) is 13.2. The first-order chi connectivity index (χ1) is 9.31.